The lowest BCUT2D eigenvalue weighted by atomic mass is 9.98. The number of carbonyl (C=O) groups is 3. The third-order valence-electron chi connectivity index (χ3n) is 5.33. The smallest absolute Gasteiger partial charge is 0.407 e. The van der Waals surface area contributed by atoms with Crippen molar-refractivity contribution in [1.82, 2.24) is 15.6 Å². The third kappa shape index (κ3) is 5.08. The maximum absolute atomic E-state index is 12.1. The second kappa shape index (κ2) is 10.2. The summed E-state index contributed by atoms with van der Waals surface area (Å²) in [6.07, 6.45) is -0.617. The van der Waals surface area contributed by atoms with Crippen LogP contribution >= 0.6 is 11.3 Å². The molecule has 3 N–H and O–H groups in total. The van der Waals surface area contributed by atoms with Crippen molar-refractivity contribution < 1.29 is 24.2 Å². The van der Waals surface area contributed by atoms with Crippen LogP contribution in [0.5, 0.6) is 0 Å². The predicted molar refractivity (Wildman–Crippen MR) is 126 cm³/mol. The first-order valence-electron chi connectivity index (χ1n) is 10.5. The molecule has 1 atom stereocenters. The Morgan fingerprint density at radius 3 is 2.38 bits per heavy atom. The van der Waals surface area contributed by atoms with Crippen molar-refractivity contribution in [2.75, 3.05) is 13.2 Å². The molecule has 0 fully saturated rings. The standard InChI is InChI=1S/C25H21N3O5S/c1-15(23-28-21(14-34-23)24(30)31)27-22(29)11-6-12-26-25(32)33-13-20-18-9-4-2-7-16(18)17-8-3-5-10-19(17)20/h2-5,7-10,14-15,20H,12-13H2,1H3,(H,26,32)(H,27,29)(H,30,31). The zero-order valence-corrected chi connectivity index (χ0v) is 19.0. The van der Waals surface area contributed by atoms with Crippen LogP contribution in [0.3, 0.4) is 0 Å². The molecule has 2 amide bonds. The number of aromatic carboxylic acids is 1. The number of thiazole rings is 1. The van der Waals surface area contributed by atoms with E-state index in [0.717, 1.165) is 33.6 Å². The summed E-state index contributed by atoms with van der Waals surface area (Å²) in [5.41, 5.74) is 4.47. The van der Waals surface area contributed by atoms with E-state index < -0.39 is 24.0 Å². The van der Waals surface area contributed by atoms with Crippen LogP contribution in [0.1, 0.15) is 45.5 Å². The van der Waals surface area contributed by atoms with E-state index in [2.05, 4.69) is 39.6 Å². The molecule has 4 rings (SSSR count). The molecule has 0 aliphatic heterocycles. The van der Waals surface area contributed by atoms with E-state index in [-0.39, 0.29) is 24.8 Å². The second-order valence-corrected chi connectivity index (χ2v) is 8.44. The van der Waals surface area contributed by atoms with E-state index in [1.807, 2.05) is 36.4 Å². The van der Waals surface area contributed by atoms with Gasteiger partial charge >= 0.3 is 12.1 Å². The van der Waals surface area contributed by atoms with Gasteiger partial charge in [-0.05, 0) is 35.1 Å². The first-order chi connectivity index (χ1) is 16.4. The van der Waals surface area contributed by atoms with Crippen molar-refractivity contribution in [3.63, 3.8) is 0 Å². The number of nitrogens with zero attached hydrogens (tertiary/aromatic N) is 1. The molecule has 0 bridgehead atoms. The number of fused-ring (bicyclic) bond motifs is 3. The number of hydrogen-bond donors (Lipinski definition) is 3. The van der Waals surface area contributed by atoms with Gasteiger partial charge in [-0.15, -0.1) is 11.3 Å². The number of carbonyl (C=O) groups excluding carboxylic acids is 2. The lowest BCUT2D eigenvalue weighted by Gasteiger charge is -2.14. The SMILES string of the molecule is CC(NC(=O)C#CCNC(=O)OCC1c2ccccc2-c2ccccc21)c1nc(C(=O)O)cs1. The molecule has 0 radical (unpaired) electrons. The van der Waals surface area contributed by atoms with E-state index in [1.54, 1.807) is 6.92 Å². The van der Waals surface area contributed by atoms with Gasteiger partial charge in [0.1, 0.15) is 11.6 Å². The third-order valence-corrected chi connectivity index (χ3v) is 6.35. The predicted octanol–water partition coefficient (Wildman–Crippen LogP) is 3.56. The molecule has 0 spiro atoms. The quantitative estimate of drug-likeness (QED) is 0.469. The Morgan fingerprint density at radius 1 is 1.12 bits per heavy atom. The summed E-state index contributed by atoms with van der Waals surface area (Å²) in [7, 11) is 0. The van der Waals surface area contributed by atoms with Crippen LogP contribution in [0.15, 0.2) is 53.9 Å². The van der Waals surface area contributed by atoms with Crippen molar-refractivity contribution in [3.8, 4) is 23.0 Å². The Kier molecular flexibility index (Phi) is 6.90. The summed E-state index contributed by atoms with van der Waals surface area (Å²) in [6.45, 7) is 1.81. The van der Waals surface area contributed by atoms with Crippen LogP contribution in [0.2, 0.25) is 0 Å². The van der Waals surface area contributed by atoms with Gasteiger partial charge in [-0.3, -0.25) is 4.79 Å². The average Bonchev–Trinajstić information content (AvgIpc) is 3.45. The number of alkyl carbamates (subject to hydrolysis) is 1. The fourth-order valence-electron chi connectivity index (χ4n) is 3.77. The zero-order valence-electron chi connectivity index (χ0n) is 18.2. The molecular weight excluding hydrogens is 454 g/mol. The molecule has 34 heavy (non-hydrogen) atoms. The van der Waals surface area contributed by atoms with Gasteiger partial charge in [0.15, 0.2) is 5.69 Å². The lowest BCUT2D eigenvalue weighted by molar-refractivity contribution is -0.116. The van der Waals surface area contributed by atoms with E-state index in [1.165, 1.54) is 5.38 Å². The number of ether oxygens (including phenoxy) is 1. The first-order valence-corrected chi connectivity index (χ1v) is 11.4. The van der Waals surface area contributed by atoms with Crippen molar-refractivity contribution in [2.45, 2.75) is 18.9 Å². The number of hydrogen-bond acceptors (Lipinski definition) is 6. The van der Waals surface area contributed by atoms with Crippen molar-refractivity contribution in [1.29, 1.82) is 0 Å². The molecule has 3 aromatic rings. The highest BCUT2D eigenvalue weighted by molar-refractivity contribution is 7.09. The summed E-state index contributed by atoms with van der Waals surface area (Å²) >= 11 is 1.14. The summed E-state index contributed by atoms with van der Waals surface area (Å²) in [6, 6.07) is 15.6. The van der Waals surface area contributed by atoms with E-state index in [9.17, 15) is 14.4 Å². The van der Waals surface area contributed by atoms with Gasteiger partial charge in [0, 0.05) is 11.3 Å². The summed E-state index contributed by atoms with van der Waals surface area (Å²) in [5.74, 6) is 3.23. The molecule has 8 nitrogen and oxygen atoms in total. The molecule has 172 valence electrons. The summed E-state index contributed by atoms with van der Waals surface area (Å²) in [4.78, 5) is 39.0. The Hall–Kier alpha value is -4.16. The van der Waals surface area contributed by atoms with Gasteiger partial charge in [-0.25, -0.2) is 14.6 Å². The van der Waals surface area contributed by atoms with E-state index in [0.29, 0.717) is 5.01 Å². The van der Waals surface area contributed by atoms with Gasteiger partial charge in [0.25, 0.3) is 5.91 Å². The number of benzene rings is 2. The van der Waals surface area contributed by atoms with Crippen LogP contribution in [0, 0.1) is 11.8 Å². The van der Waals surface area contributed by atoms with Gasteiger partial charge in [0.05, 0.1) is 12.6 Å². The molecular formula is C25H21N3O5S. The first kappa shape index (κ1) is 23.0. The number of aromatic nitrogens is 1. The number of rotatable bonds is 6. The molecule has 1 aromatic heterocycles. The molecule has 1 aliphatic carbocycles. The van der Waals surface area contributed by atoms with Gasteiger partial charge in [-0.2, -0.15) is 0 Å². The maximum atomic E-state index is 12.1. The van der Waals surface area contributed by atoms with Crippen molar-refractivity contribution in [3.05, 3.63) is 75.7 Å². The molecule has 1 heterocycles. The summed E-state index contributed by atoms with van der Waals surface area (Å²) < 4.78 is 5.42. The van der Waals surface area contributed by atoms with Crippen LogP contribution < -0.4 is 10.6 Å². The number of amides is 2. The topological polar surface area (TPSA) is 118 Å². The molecule has 9 heteroatoms. The highest BCUT2D eigenvalue weighted by Gasteiger charge is 2.28. The van der Waals surface area contributed by atoms with Gasteiger partial charge in [-0.1, -0.05) is 54.5 Å². The Morgan fingerprint density at radius 2 is 1.76 bits per heavy atom. The minimum absolute atomic E-state index is 0.0380. The van der Waals surface area contributed by atoms with Crippen LogP contribution in [0.25, 0.3) is 11.1 Å². The lowest BCUT2D eigenvalue weighted by Crippen LogP contribution is -2.27. The van der Waals surface area contributed by atoms with E-state index >= 15 is 0 Å². The summed E-state index contributed by atoms with van der Waals surface area (Å²) in [5, 5.41) is 15.9. The number of nitrogens with one attached hydrogen (secondary N) is 2. The Balaban J connectivity index is 1.25. The second-order valence-electron chi connectivity index (χ2n) is 7.55. The highest BCUT2D eigenvalue weighted by atomic mass is 32.1. The Bertz CT molecular complexity index is 1260. The fraction of sp³-hybridized carbons (Fsp3) is 0.200. The van der Waals surface area contributed by atoms with Crippen LogP contribution in [0.4, 0.5) is 4.79 Å². The molecule has 1 unspecified atom stereocenters. The minimum Gasteiger partial charge on any atom is -0.476 e. The molecule has 1 aliphatic rings. The number of carboxylic acid groups (broad SMARTS) is 1. The zero-order chi connectivity index (χ0) is 24.1. The minimum atomic E-state index is -1.12. The van der Waals surface area contributed by atoms with E-state index in [4.69, 9.17) is 9.84 Å². The fourth-order valence-corrected chi connectivity index (χ4v) is 4.57. The van der Waals surface area contributed by atoms with Crippen LogP contribution in [-0.2, 0) is 9.53 Å². The monoisotopic (exact) mass is 475 g/mol. The average molecular weight is 476 g/mol. The highest BCUT2D eigenvalue weighted by Crippen LogP contribution is 2.44. The van der Waals surface area contributed by atoms with Gasteiger partial charge < -0.3 is 20.5 Å². The maximum Gasteiger partial charge on any atom is 0.407 e. The molecule has 0 saturated carbocycles. The largest absolute Gasteiger partial charge is 0.476 e. The van der Waals surface area contributed by atoms with Crippen molar-refractivity contribution in [2.24, 2.45) is 0 Å². The molecule has 0 saturated heterocycles. The number of carboxylic acids is 1. The van der Waals surface area contributed by atoms with Crippen LogP contribution in [-0.4, -0.2) is 41.2 Å². The van der Waals surface area contributed by atoms with Gasteiger partial charge in [0.2, 0.25) is 0 Å². The van der Waals surface area contributed by atoms with Crippen molar-refractivity contribution >= 4 is 29.3 Å². The Labute approximate surface area is 200 Å². The molecule has 2 aromatic carbocycles. The normalized spacial score (nSPS) is 12.5.